The van der Waals surface area contributed by atoms with E-state index in [1.54, 1.807) is 0 Å². The number of nitrogens with zero attached hydrogens (tertiary/aromatic N) is 1. The molecule has 0 spiro atoms. The lowest BCUT2D eigenvalue weighted by atomic mass is 9.97. The number of carbonyl (C=O) groups excluding carboxylic acids is 1. The highest BCUT2D eigenvalue weighted by Crippen LogP contribution is 2.31. The number of amides is 1. The van der Waals surface area contributed by atoms with E-state index in [4.69, 9.17) is 18.0 Å². The van der Waals surface area contributed by atoms with E-state index in [-0.39, 0.29) is 16.9 Å². The third-order valence-electron chi connectivity index (χ3n) is 3.72. The number of thiocarbonyl (C=S) groups is 1. The van der Waals surface area contributed by atoms with Gasteiger partial charge in [0.1, 0.15) is 5.92 Å². The van der Waals surface area contributed by atoms with Gasteiger partial charge >= 0.3 is 0 Å². The van der Waals surface area contributed by atoms with Crippen molar-refractivity contribution in [2.45, 2.75) is 38.6 Å². The Morgan fingerprint density at radius 3 is 2.40 bits per heavy atom. The lowest BCUT2D eigenvalue weighted by Gasteiger charge is -2.30. The first-order chi connectivity index (χ1) is 9.50. The zero-order valence-electron chi connectivity index (χ0n) is 12.1. The molecule has 0 aromatic heterocycles. The van der Waals surface area contributed by atoms with E-state index in [9.17, 15) is 4.79 Å². The second-order valence-electron chi connectivity index (χ2n) is 5.77. The second kappa shape index (κ2) is 6.35. The first kappa shape index (κ1) is 15.0. The van der Waals surface area contributed by atoms with E-state index in [0.29, 0.717) is 5.92 Å². The Morgan fingerprint density at radius 1 is 1.35 bits per heavy atom. The van der Waals surface area contributed by atoms with Crippen molar-refractivity contribution < 1.29 is 4.79 Å². The van der Waals surface area contributed by atoms with Crippen LogP contribution in [0.5, 0.6) is 0 Å². The van der Waals surface area contributed by atoms with Crippen LogP contribution in [0.4, 0.5) is 0 Å². The zero-order valence-corrected chi connectivity index (χ0v) is 12.9. The Balaban J connectivity index is 2.23. The summed E-state index contributed by atoms with van der Waals surface area (Å²) in [5.41, 5.74) is 6.72. The fraction of sp³-hybridized carbons (Fsp3) is 0.500. The summed E-state index contributed by atoms with van der Waals surface area (Å²) in [6, 6.07) is 9.75. The van der Waals surface area contributed by atoms with Gasteiger partial charge in [0, 0.05) is 12.6 Å². The topological polar surface area (TPSA) is 46.3 Å². The normalized spacial score (nSPS) is 15.9. The van der Waals surface area contributed by atoms with E-state index < -0.39 is 5.92 Å². The highest BCUT2D eigenvalue weighted by molar-refractivity contribution is 7.80. The maximum Gasteiger partial charge on any atom is 0.237 e. The first-order valence-electron chi connectivity index (χ1n) is 7.15. The predicted molar refractivity (Wildman–Crippen MR) is 85.5 cm³/mol. The van der Waals surface area contributed by atoms with Gasteiger partial charge in [-0.1, -0.05) is 42.5 Å². The molecule has 2 rings (SSSR count). The number of hydrogen-bond donors (Lipinski definition) is 1. The van der Waals surface area contributed by atoms with Crippen LogP contribution in [0.25, 0.3) is 0 Å². The summed E-state index contributed by atoms with van der Waals surface area (Å²) in [4.78, 5) is 15.0. The molecule has 1 aliphatic rings. The molecule has 1 aromatic rings. The molecule has 0 heterocycles. The summed E-state index contributed by atoms with van der Waals surface area (Å²) in [6.45, 7) is 4.91. The fourth-order valence-electron chi connectivity index (χ4n) is 2.37. The summed E-state index contributed by atoms with van der Waals surface area (Å²) in [7, 11) is 0. The van der Waals surface area contributed by atoms with E-state index in [2.05, 4.69) is 0 Å². The lowest BCUT2D eigenvalue weighted by Crippen LogP contribution is -2.44. The van der Waals surface area contributed by atoms with Crippen LogP contribution in [0.2, 0.25) is 0 Å². The quantitative estimate of drug-likeness (QED) is 0.819. The summed E-state index contributed by atoms with van der Waals surface area (Å²) in [5, 5.41) is 0. The zero-order chi connectivity index (χ0) is 14.7. The molecule has 3 nitrogen and oxygen atoms in total. The third-order valence-corrected chi connectivity index (χ3v) is 3.96. The molecule has 1 saturated carbocycles. The molecule has 20 heavy (non-hydrogen) atoms. The molecular formula is C16H22N2OS. The maximum absolute atomic E-state index is 12.8. The minimum absolute atomic E-state index is 0.0330. The van der Waals surface area contributed by atoms with Crippen molar-refractivity contribution >= 4 is 23.1 Å². The fourth-order valence-corrected chi connectivity index (χ4v) is 2.61. The number of carbonyl (C=O) groups is 1. The molecule has 1 atom stereocenters. The van der Waals surface area contributed by atoms with Crippen LogP contribution in [0.15, 0.2) is 30.3 Å². The van der Waals surface area contributed by atoms with Gasteiger partial charge in [-0.2, -0.15) is 0 Å². The average molecular weight is 290 g/mol. The van der Waals surface area contributed by atoms with Gasteiger partial charge in [0.25, 0.3) is 0 Å². The van der Waals surface area contributed by atoms with Crippen LogP contribution in [-0.2, 0) is 4.79 Å². The van der Waals surface area contributed by atoms with Gasteiger partial charge in [0.2, 0.25) is 5.91 Å². The van der Waals surface area contributed by atoms with E-state index >= 15 is 0 Å². The molecule has 4 heteroatoms. The van der Waals surface area contributed by atoms with Gasteiger partial charge in [0.05, 0.1) is 4.99 Å². The summed E-state index contributed by atoms with van der Waals surface area (Å²) < 4.78 is 0. The third kappa shape index (κ3) is 3.57. The van der Waals surface area contributed by atoms with Gasteiger partial charge in [-0.3, -0.25) is 4.79 Å². The van der Waals surface area contributed by atoms with Crippen LogP contribution in [0, 0.1) is 5.92 Å². The number of rotatable bonds is 6. The van der Waals surface area contributed by atoms with Crippen molar-refractivity contribution in [2.24, 2.45) is 11.7 Å². The van der Waals surface area contributed by atoms with Crippen molar-refractivity contribution in [3.63, 3.8) is 0 Å². The van der Waals surface area contributed by atoms with Crippen LogP contribution >= 0.6 is 12.2 Å². The van der Waals surface area contributed by atoms with E-state index in [1.165, 1.54) is 12.8 Å². The Morgan fingerprint density at radius 2 is 1.95 bits per heavy atom. The molecule has 0 saturated heterocycles. The lowest BCUT2D eigenvalue weighted by molar-refractivity contribution is -0.133. The Labute approximate surface area is 126 Å². The Bertz CT molecular complexity index is 483. The average Bonchev–Trinajstić information content (AvgIpc) is 3.20. The second-order valence-corrected chi connectivity index (χ2v) is 6.25. The monoisotopic (exact) mass is 290 g/mol. The van der Waals surface area contributed by atoms with E-state index in [0.717, 1.165) is 12.1 Å². The molecule has 0 bridgehead atoms. The summed E-state index contributed by atoms with van der Waals surface area (Å²) in [5.74, 6) is 0.182. The highest BCUT2D eigenvalue weighted by Gasteiger charge is 2.33. The molecule has 1 amide bonds. The molecule has 1 fully saturated rings. The highest BCUT2D eigenvalue weighted by atomic mass is 32.1. The van der Waals surface area contributed by atoms with Gasteiger partial charge < -0.3 is 10.6 Å². The molecule has 2 N–H and O–H groups in total. The standard InChI is InChI=1S/C16H22N2OS/c1-11(2)18(10-12-8-9-12)16(19)14(15(17)20)13-6-4-3-5-7-13/h3-7,11-12,14H,8-10H2,1-2H3,(H2,17,20). The first-order valence-corrected chi connectivity index (χ1v) is 7.56. The summed E-state index contributed by atoms with van der Waals surface area (Å²) in [6.07, 6.45) is 2.44. The van der Waals surface area contributed by atoms with Crippen molar-refractivity contribution in [2.75, 3.05) is 6.54 Å². The number of benzene rings is 1. The number of nitrogens with two attached hydrogens (primary N) is 1. The summed E-state index contributed by atoms with van der Waals surface area (Å²) >= 11 is 5.14. The van der Waals surface area contributed by atoms with Gasteiger partial charge in [0.15, 0.2) is 0 Å². The van der Waals surface area contributed by atoms with E-state index in [1.807, 2.05) is 49.1 Å². The van der Waals surface area contributed by atoms with Gasteiger partial charge in [-0.15, -0.1) is 0 Å². The van der Waals surface area contributed by atoms with Crippen molar-refractivity contribution in [3.05, 3.63) is 35.9 Å². The van der Waals surface area contributed by atoms with Crippen LogP contribution in [0.3, 0.4) is 0 Å². The Kier molecular flexibility index (Phi) is 4.76. The van der Waals surface area contributed by atoms with Crippen molar-refractivity contribution in [1.82, 2.24) is 4.90 Å². The van der Waals surface area contributed by atoms with Crippen molar-refractivity contribution in [1.29, 1.82) is 0 Å². The van der Waals surface area contributed by atoms with Crippen LogP contribution in [0.1, 0.15) is 38.2 Å². The molecule has 108 valence electrons. The minimum atomic E-state index is -0.507. The molecule has 1 aliphatic carbocycles. The van der Waals surface area contributed by atoms with Gasteiger partial charge in [-0.05, 0) is 38.2 Å². The SMILES string of the molecule is CC(C)N(CC1CC1)C(=O)C(C(N)=S)c1ccccc1. The molecule has 0 radical (unpaired) electrons. The maximum atomic E-state index is 12.8. The predicted octanol–water partition coefficient (Wildman–Crippen LogP) is 2.70. The molecule has 0 aliphatic heterocycles. The Hall–Kier alpha value is -1.42. The molecule has 1 aromatic carbocycles. The number of hydrogen-bond acceptors (Lipinski definition) is 2. The smallest absolute Gasteiger partial charge is 0.237 e. The minimum Gasteiger partial charge on any atom is -0.392 e. The van der Waals surface area contributed by atoms with Crippen molar-refractivity contribution in [3.8, 4) is 0 Å². The van der Waals surface area contributed by atoms with Gasteiger partial charge in [-0.25, -0.2) is 0 Å². The molecule has 1 unspecified atom stereocenters. The largest absolute Gasteiger partial charge is 0.392 e. The van der Waals surface area contributed by atoms with Crippen LogP contribution in [-0.4, -0.2) is 28.4 Å². The molecular weight excluding hydrogens is 268 g/mol. The van der Waals surface area contributed by atoms with Crippen LogP contribution < -0.4 is 5.73 Å².